The Hall–Kier alpha value is -1.87. The first-order valence-corrected chi connectivity index (χ1v) is 6.55. The second-order valence-corrected chi connectivity index (χ2v) is 5.36. The van der Waals surface area contributed by atoms with Crippen molar-refractivity contribution in [1.82, 2.24) is 4.98 Å². The monoisotopic (exact) mass is 256 g/mol. The van der Waals surface area contributed by atoms with Crippen molar-refractivity contribution in [3.05, 3.63) is 51.3 Å². The molecule has 2 rings (SSSR count). The highest BCUT2D eigenvalue weighted by Gasteiger charge is 1.95. The highest BCUT2D eigenvalue weighted by Crippen LogP contribution is 2.14. The van der Waals surface area contributed by atoms with Crippen molar-refractivity contribution in [3.63, 3.8) is 0 Å². The topological polar surface area (TPSA) is 38.9 Å². The first kappa shape index (κ1) is 12.6. The van der Waals surface area contributed by atoms with E-state index >= 15 is 0 Å². The Morgan fingerprint density at radius 1 is 1.44 bits per heavy atom. The van der Waals surface area contributed by atoms with E-state index in [4.69, 9.17) is 5.73 Å². The van der Waals surface area contributed by atoms with Crippen molar-refractivity contribution in [3.8, 4) is 0 Å². The van der Waals surface area contributed by atoms with Crippen LogP contribution in [0.2, 0.25) is 0 Å². The number of hydrogen-bond acceptors (Lipinski definition) is 3. The van der Waals surface area contributed by atoms with Crippen LogP contribution < -0.4 is 15.6 Å². The summed E-state index contributed by atoms with van der Waals surface area (Å²) in [5, 5.41) is 1.41. The van der Waals surface area contributed by atoms with E-state index in [2.05, 4.69) is 55.8 Å². The average molecular weight is 256 g/mol. The number of nitrogens with zero attached hydrogens (tertiary/aromatic N) is 1. The molecule has 0 bridgehead atoms. The number of aromatic nitrogens is 1. The van der Waals surface area contributed by atoms with Crippen LogP contribution in [0.4, 0.5) is 5.13 Å². The lowest BCUT2D eigenvalue weighted by molar-refractivity contribution is 1.33. The normalized spacial score (nSPS) is 13.0. The van der Waals surface area contributed by atoms with Crippen molar-refractivity contribution in [2.45, 2.75) is 13.8 Å². The third kappa shape index (κ3) is 2.87. The summed E-state index contributed by atoms with van der Waals surface area (Å²) < 4.78 is 0.904. The smallest absolute Gasteiger partial charge is 0.181 e. The molecular formula is C15H16N2S. The van der Waals surface area contributed by atoms with E-state index in [1.807, 2.05) is 6.08 Å². The number of nitrogens with two attached hydrogens (primary N) is 1. The fraction of sp³-hybridized carbons (Fsp3) is 0.133. The lowest BCUT2D eigenvalue weighted by Gasteiger charge is -2.01. The molecule has 1 aromatic carbocycles. The van der Waals surface area contributed by atoms with Gasteiger partial charge in [0.25, 0.3) is 0 Å². The van der Waals surface area contributed by atoms with Crippen LogP contribution in [0.3, 0.4) is 0 Å². The Bertz CT molecular complexity index is 696. The van der Waals surface area contributed by atoms with Crippen molar-refractivity contribution in [2.75, 3.05) is 5.73 Å². The van der Waals surface area contributed by atoms with Gasteiger partial charge in [-0.1, -0.05) is 53.8 Å². The lowest BCUT2D eigenvalue weighted by Crippen LogP contribution is -2.18. The number of rotatable bonds is 2. The highest BCUT2D eigenvalue weighted by molar-refractivity contribution is 7.13. The van der Waals surface area contributed by atoms with Gasteiger partial charge in [-0.05, 0) is 31.1 Å². The van der Waals surface area contributed by atoms with Crippen LogP contribution in [0.5, 0.6) is 0 Å². The molecule has 0 aliphatic heterocycles. The fourth-order valence-corrected chi connectivity index (χ4v) is 2.32. The summed E-state index contributed by atoms with van der Waals surface area (Å²) >= 11 is 1.41. The first-order valence-electron chi connectivity index (χ1n) is 5.73. The van der Waals surface area contributed by atoms with Gasteiger partial charge in [0, 0.05) is 4.53 Å². The van der Waals surface area contributed by atoms with E-state index in [-0.39, 0.29) is 0 Å². The van der Waals surface area contributed by atoms with E-state index in [1.54, 1.807) is 0 Å². The van der Waals surface area contributed by atoms with Gasteiger partial charge < -0.3 is 5.73 Å². The Morgan fingerprint density at radius 2 is 2.22 bits per heavy atom. The van der Waals surface area contributed by atoms with Crippen LogP contribution >= 0.6 is 11.3 Å². The standard InChI is InChI=1S/C15H16N2S/c1-10-5-4-6-13(9-10)11(2)7-8-14-12(3)18-15(16)17-14/h4-9H,3H2,1-2H3,(H2,16,17). The Balaban J connectivity index is 2.38. The molecule has 18 heavy (non-hydrogen) atoms. The van der Waals surface area contributed by atoms with Crippen molar-refractivity contribution >= 4 is 34.7 Å². The molecule has 0 saturated carbocycles. The Kier molecular flexibility index (Phi) is 3.63. The number of aryl methyl sites for hydroxylation is 1. The average Bonchev–Trinajstić information content (AvgIpc) is 2.65. The summed E-state index contributed by atoms with van der Waals surface area (Å²) in [4.78, 5) is 4.23. The Labute approximate surface area is 111 Å². The van der Waals surface area contributed by atoms with E-state index in [9.17, 15) is 0 Å². The molecule has 0 aliphatic carbocycles. The van der Waals surface area contributed by atoms with Crippen molar-refractivity contribution in [1.29, 1.82) is 0 Å². The third-order valence-corrected chi connectivity index (χ3v) is 3.46. The van der Waals surface area contributed by atoms with Crippen molar-refractivity contribution in [2.24, 2.45) is 0 Å². The molecule has 1 heterocycles. The summed E-state index contributed by atoms with van der Waals surface area (Å²) in [6, 6.07) is 8.43. The molecule has 3 heteroatoms. The van der Waals surface area contributed by atoms with Crippen LogP contribution in [-0.2, 0) is 0 Å². The van der Waals surface area contributed by atoms with Crippen LogP contribution in [-0.4, -0.2) is 4.98 Å². The summed E-state index contributed by atoms with van der Waals surface area (Å²) in [6.45, 7) is 8.10. The minimum absolute atomic E-state index is 0.563. The van der Waals surface area contributed by atoms with Crippen LogP contribution in [0.25, 0.3) is 18.2 Å². The minimum Gasteiger partial charge on any atom is -0.375 e. The number of benzene rings is 1. The lowest BCUT2D eigenvalue weighted by atomic mass is 10.0. The molecule has 0 amide bonds. The maximum atomic E-state index is 5.64. The second kappa shape index (κ2) is 5.19. The molecule has 1 aromatic heterocycles. The Morgan fingerprint density at radius 3 is 2.83 bits per heavy atom. The van der Waals surface area contributed by atoms with Gasteiger partial charge in [0.15, 0.2) is 5.13 Å². The quantitative estimate of drug-likeness (QED) is 0.895. The molecule has 0 saturated heterocycles. The number of hydrogen-bond donors (Lipinski definition) is 1. The van der Waals surface area contributed by atoms with Gasteiger partial charge in [0.1, 0.15) is 0 Å². The molecule has 2 aromatic rings. The third-order valence-electron chi connectivity index (χ3n) is 2.71. The van der Waals surface area contributed by atoms with Gasteiger partial charge in [-0.15, -0.1) is 0 Å². The van der Waals surface area contributed by atoms with E-state index in [0.29, 0.717) is 5.13 Å². The van der Waals surface area contributed by atoms with E-state index < -0.39 is 0 Å². The maximum Gasteiger partial charge on any atom is 0.181 e. The molecule has 2 N–H and O–H groups in total. The molecule has 0 radical (unpaired) electrons. The molecule has 92 valence electrons. The first-order chi connectivity index (χ1) is 8.56. The van der Waals surface area contributed by atoms with Crippen LogP contribution in [0.1, 0.15) is 18.1 Å². The van der Waals surface area contributed by atoms with Crippen molar-refractivity contribution < 1.29 is 0 Å². The maximum absolute atomic E-state index is 5.64. The number of allylic oxidation sites excluding steroid dienone is 2. The highest BCUT2D eigenvalue weighted by atomic mass is 32.1. The van der Waals surface area contributed by atoms with Crippen LogP contribution in [0.15, 0.2) is 30.3 Å². The summed E-state index contributed by atoms with van der Waals surface area (Å²) in [5.74, 6) is 0. The zero-order valence-electron chi connectivity index (χ0n) is 10.6. The largest absolute Gasteiger partial charge is 0.375 e. The zero-order chi connectivity index (χ0) is 13.1. The SMILES string of the molecule is C=c1sc(N)nc1=CC=C(C)c1cccc(C)c1. The molecule has 0 fully saturated rings. The zero-order valence-corrected chi connectivity index (χ0v) is 11.4. The van der Waals surface area contributed by atoms with Crippen LogP contribution in [0, 0.1) is 6.92 Å². The van der Waals surface area contributed by atoms with Gasteiger partial charge in [-0.3, -0.25) is 0 Å². The number of anilines is 1. The molecular weight excluding hydrogens is 240 g/mol. The number of thiazole rings is 1. The fourth-order valence-electron chi connectivity index (χ4n) is 1.70. The summed E-state index contributed by atoms with van der Waals surface area (Å²) in [5.41, 5.74) is 9.32. The minimum atomic E-state index is 0.563. The molecule has 0 spiro atoms. The van der Waals surface area contributed by atoms with Gasteiger partial charge in [-0.2, -0.15) is 0 Å². The van der Waals surface area contributed by atoms with Gasteiger partial charge in [0.2, 0.25) is 0 Å². The summed E-state index contributed by atoms with van der Waals surface area (Å²) in [6.07, 6.45) is 4.02. The molecule has 0 atom stereocenters. The van der Waals surface area contributed by atoms with E-state index in [0.717, 1.165) is 9.88 Å². The summed E-state index contributed by atoms with van der Waals surface area (Å²) in [7, 11) is 0. The second-order valence-electron chi connectivity index (χ2n) is 4.25. The van der Waals surface area contributed by atoms with Gasteiger partial charge in [-0.25, -0.2) is 4.98 Å². The molecule has 2 nitrogen and oxygen atoms in total. The van der Waals surface area contributed by atoms with Gasteiger partial charge in [0.05, 0.1) is 5.35 Å². The number of nitrogen functional groups attached to an aromatic ring is 1. The van der Waals surface area contributed by atoms with E-state index in [1.165, 1.54) is 28.0 Å². The predicted molar refractivity (Wildman–Crippen MR) is 80.6 cm³/mol. The van der Waals surface area contributed by atoms with Gasteiger partial charge >= 0.3 is 0 Å². The molecule has 0 aliphatic rings. The molecule has 0 unspecified atom stereocenters. The predicted octanol–water partition coefficient (Wildman–Crippen LogP) is 2.33.